The molecule has 0 radical (unpaired) electrons. The second-order valence-electron chi connectivity index (χ2n) is 3.72. The van der Waals surface area contributed by atoms with E-state index < -0.39 is 5.97 Å². The minimum absolute atomic E-state index is 0.0766. The Morgan fingerprint density at radius 3 is 2.74 bits per heavy atom. The third-order valence-electron chi connectivity index (χ3n) is 2.23. The molecule has 100 valence electrons. The van der Waals surface area contributed by atoms with E-state index in [1.165, 1.54) is 14.0 Å². The molecule has 0 unspecified atom stereocenters. The van der Waals surface area contributed by atoms with Gasteiger partial charge in [-0.15, -0.1) is 0 Å². The van der Waals surface area contributed by atoms with Crippen molar-refractivity contribution >= 4 is 23.5 Å². The Bertz CT molecular complexity index is 543. The molecule has 0 atom stereocenters. The fourth-order valence-electron chi connectivity index (χ4n) is 1.33. The lowest BCUT2D eigenvalue weighted by molar-refractivity contribution is -0.118. The van der Waals surface area contributed by atoms with Gasteiger partial charge in [0.25, 0.3) is 0 Å². The fourth-order valence-corrected chi connectivity index (χ4v) is 1.59. The molecule has 0 fully saturated rings. The Hall–Kier alpha value is -1.99. The molecule has 4 nitrogen and oxygen atoms in total. The summed E-state index contributed by atoms with van der Waals surface area (Å²) in [7, 11) is 1.30. The van der Waals surface area contributed by atoms with E-state index in [9.17, 15) is 9.59 Å². The van der Waals surface area contributed by atoms with E-state index in [2.05, 4.69) is 21.9 Å². The van der Waals surface area contributed by atoms with Crippen molar-refractivity contribution < 1.29 is 14.3 Å². The third kappa shape index (κ3) is 5.02. The van der Waals surface area contributed by atoms with Gasteiger partial charge in [0.2, 0.25) is 5.91 Å². The van der Waals surface area contributed by atoms with Gasteiger partial charge in [-0.05, 0) is 18.2 Å². The minimum atomic E-state index is -0.477. The van der Waals surface area contributed by atoms with Gasteiger partial charge in [-0.2, -0.15) is 0 Å². The maximum Gasteiger partial charge on any atom is 0.339 e. The molecular weight excluding hydrogens is 266 g/mol. The normalized spacial score (nSPS) is 9.21. The third-order valence-corrected chi connectivity index (χ3v) is 2.54. The topological polar surface area (TPSA) is 55.4 Å². The second-order valence-corrected chi connectivity index (χ2v) is 4.13. The lowest BCUT2D eigenvalue weighted by atomic mass is 10.1. The van der Waals surface area contributed by atoms with E-state index in [4.69, 9.17) is 11.6 Å². The molecule has 0 heterocycles. The van der Waals surface area contributed by atoms with E-state index in [-0.39, 0.29) is 5.91 Å². The quantitative estimate of drug-likeness (QED) is 0.523. The van der Waals surface area contributed by atoms with E-state index in [1.807, 2.05) is 0 Å². The van der Waals surface area contributed by atoms with Gasteiger partial charge >= 0.3 is 5.97 Å². The summed E-state index contributed by atoms with van der Waals surface area (Å²) in [6.07, 6.45) is 0.552. The molecule has 1 N–H and O–H groups in total. The van der Waals surface area contributed by atoms with Crippen molar-refractivity contribution in [2.75, 3.05) is 13.7 Å². The number of hydrogen-bond donors (Lipinski definition) is 1. The molecule has 1 aromatic rings. The number of benzene rings is 1. The highest BCUT2D eigenvalue weighted by molar-refractivity contribution is 6.33. The average Bonchev–Trinajstić information content (AvgIpc) is 2.37. The molecule has 0 saturated carbocycles. The van der Waals surface area contributed by atoms with Gasteiger partial charge in [0, 0.05) is 25.5 Å². The monoisotopic (exact) mass is 279 g/mol. The lowest BCUT2D eigenvalue weighted by Gasteiger charge is -2.02. The summed E-state index contributed by atoms with van der Waals surface area (Å²) in [6, 6.07) is 4.88. The van der Waals surface area contributed by atoms with Crippen LogP contribution in [0.4, 0.5) is 0 Å². The summed E-state index contributed by atoms with van der Waals surface area (Å²) in [5.41, 5.74) is 1.02. The first kappa shape index (κ1) is 15.1. The van der Waals surface area contributed by atoms with Crippen LogP contribution in [0.1, 0.15) is 29.3 Å². The zero-order valence-corrected chi connectivity index (χ0v) is 11.5. The van der Waals surface area contributed by atoms with Crippen LogP contribution in [0.25, 0.3) is 0 Å². The number of amides is 1. The molecule has 5 heteroatoms. The SMILES string of the molecule is COC(=O)c1ccc(C#CCCNC(C)=O)cc1Cl. The molecule has 1 aromatic carbocycles. The van der Waals surface area contributed by atoms with Crippen LogP contribution >= 0.6 is 11.6 Å². The van der Waals surface area contributed by atoms with E-state index in [1.54, 1.807) is 18.2 Å². The van der Waals surface area contributed by atoms with Crippen LogP contribution in [-0.4, -0.2) is 25.5 Å². The van der Waals surface area contributed by atoms with E-state index >= 15 is 0 Å². The molecule has 0 aliphatic rings. The predicted octanol–water partition coefficient (Wildman–Crippen LogP) is 2.00. The molecule has 1 rings (SSSR count). The van der Waals surface area contributed by atoms with Crippen LogP contribution in [0.2, 0.25) is 5.02 Å². The molecule has 0 aliphatic carbocycles. The first-order chi connectivity index (χ1) is 9.04. The minimum Gasteiger partial charge on any atom is -0.465 e. The van der Waals surface area contributed by atoms with Crippen molar-refractivity contribution in [3.8, 4) is 11.8 Å². The smallest absolute Gasteiger partial charge is 0.339 e. The Labute approximate surface area is 117 Å². The summed E-state index contributed by atoms with van der Waals surface area (Å²) >= 11 is 5.96. The van der Waals surface area contributed by atoms with Crippen molar-refractivity contribution in [3.05, 3.63) is 34.3 Å². The molecule has 0 saturated heterocycles. The van der Waals surface area contributed by atoms with Crippen molar-refractivity contribution in [3.63, 3.8) is 0 Å². The first-order valence-corrected chi connectivity index (χ1v) is 6.03. The van der Waals surface area contributed by atoms with Gasteiger partial charge < -0.3 is 10.1 Å². The lowest BCUT2D eigenvalue weighted by Crippen LogP contribution is -2.20. The van der Waals surface area contributed by atoms with Crippen LogP contribution in [-0.2, 0) is 9.53 Å². The largest absolute Gasteiger partial charge is 0.465 e. The van der Waals surface area contributed by atoms with Crippen LogP contribution in [0, 0.1) is 11.8 Å². The number of ether oxygens (including phenoxy) is 1. The Morgan fingerprint density at radius 2 is 2.16 bits per heavy atom. The Kier molecular flexibility index (Phi) is 5.91. The zero-order chi connectivity index (χ0) is 14.3. The number of esters is 1. The van der Waals surface area contributed by atoms with Crippen LogP contribution < -0.4 is 5.32 Å². The maximum atomic E-state index is 11.3. The Morgan fingerprint density at radius 1 is 1.42 bits per heavy atom. The van der Waals surface area contributed by atoms with Crippen molar-refractivity contribution in [2.24, 2.45) is 0 Å². The fraction of sp³-hybridized carbons (Fsp3) is 0.286. The highest BCUT2D eigenvalue weighted by Gasteiger charge is 2.09. The summed E-state index contributed by atoms with van der Waals surface area (Å²) in [5, 5.41) is 2.95. The number of carbonyl (C=O) groups excluding carboxylic acids is 2. The molecule has 0 spiro atoms. The van der Waals surface area contributed by atoms with Crippen molar-refractivity contribution in [2.45, 2.75) is 13.3 Å². The molecule has 19 heavy (non-hydrogen) atoms. The summed E-state index contributed by atoms with van der Waals surface area (Å²) in [6.45, 7) is 1.97. The van der Waals surface area contributed by atoms with Crippen LogP contribution in [0.3, 0.4) is 0 Å². The van der Waals surface area contributed by atoms with Crippen LogP contribution in [0.5, 0.6) is 0 Å². The number of methoxy groups -OCH3 is 1. The Balaban J connectivity index is 2.66. The number of halogens is 1. The molecule has 0 bridgehead atoms. The number of hydrogen-bond acceptors (Lipinski definition) is 3. The number of carbonyl (C=O) groups is 2. The van der Waals surface area contributed by atoms with Crippen molar-refractivity contribution in [1.82, 2.24) is 5.32 Å². The van der Waals surface area contributed by atoms with Gasteiger partial charge in [0.15, 0.2) is 0 Å². The van der Waals surface area contributed by atoms with Crippen LogP contribution in [0.15, 0.2) is 18.2 Å². The highest BCUT2D eigenvalue weighted by Crippen LogP contribution is 2.18. The molecule has 0 aromatic heterocycles. The van der Waals surface area contributed by atoms with Gasteiger partial charge in [0.1, 0.15) is 0 Å². The molecular formula is C14H14ClNO3. The van der Waals surface area contributed by atoms with Gasteiger partial charge in [-0.1, -0.05) is 23.4 Å². The summed E-state index contributed by atoms with van der Waals surface area (Å²) < 4.78 is 4.59. The zero-order valence-electron chi connectivity index (χ0n) is 10.7. The van der Waals surface area contributed by atoms with Gasteiger partial charge in [0.05, 0.1) is 17.7 Å². The number of rotatable bonds is 3. The van der Waals surface area contributed by atoms with Gasteiger partial charge in [-0.25, -0.2) is 4.79 Å². The summed E-state index contributed by atoms with van der Waals surface area (Å²) in [5.74, 6) is 5.26. The maximum absolute atomic E-state index is 11.3. The summed E-state index contributed by atoms with van der Waals surface area (Å²) in [4.78, 5) is 22.0. The second kappa shape index (κ2) is 7.45. The molecule has 0 aliphatic heterocycles. The van der Waals surface area contributed by atoms with Gasteiger partial charge in [-0.3, -0.25) is 4.79 Å². The van der Waals surface area contributed by atoms with Crippen molar-refractivity contribution in [1.29, 1.82) is 0 Å². The van der Waals surface area contributed by atoms with E-state index in [0.29, 0.717) is 29.1 Å². The number of nitrogens with one attached hydrogen (secondary N) is 1. The highest BCUT2D eigenvalue weighted by atomic mass is 35.5. The standard InChI is InChI=1S/C14H14ClNO3/c1-10(17)16-8-4-3-5-11-6-7-12(13(15)9-11)14(18)19-2/h6-7,9H,4,8H2,1-2H3,(H,16,17). The molecule has 1 amide bonds. The van der Waals surface area contributed by atoms with E-state index in [0.717, 1.165) is 0 Å². The first-order valence-electron chi connectivity index (χ1n) is 5.65. The average molecular weight is 280 g/mol. The predicted molar refractivity (Wildman–Crippen MR) is 73.0 cm³/mol.